The van der Waals surface area contributed by atoms with E-state index in [1.807, 2.05) is 29.2 Å². The third kappa shape index (κ3) is 3.07. The average Bonchev–Trinajstić information content (AvgIpc) is 2.54. The van der Waals surface area contributed by atoms with E-state index in [0.29, 0.717) is 6.04 Å². The summed E-state index contributed by atoms with van der Waals surface area (Å²) < 4.78 is 0.870. The van der Waals surface area contributed by atoms with Crippen molar-refractivity contribution >= 4 is 21.8 Å². The molecule has 1 atom stereocenters. The van der Waals surface area contributed by atoms with Crippen LogP contribution < -0.4 is 5.32 Å². The second-order valence-electron chi connectivity index (χ2n) is 4.44. The molecule has 1 aromatic rings. The normalized spacial score (nSPS) is 21.1. The van der Waals surface area contributed by atoms with E-state index in [1.165, 1.54) is 0 Å². The van der Waals surface area contributed by atoms with E-state index >= 15 is 0 Å². The molecule has 1 saturated heterocycles. The van der Waals surface area contributed by atoms with Gasteiger partial charge in [0.1, 0.15) is 0 Å². The Kier molecular flexibility index (Phi) is 4.18. The first-order valence-electron chi connectivity index (χ1n) is 5.95. The third-order valence-corrected chi connectivity index (χ3v) is 3.67. The van der Waals surface area contributed by atoms with Gasteiger partial charge in [0, 0.05) is 23.6 Å². The van der Waals surface area contributed by atoms with Crippen LogP contribution in [0, 0.1) is 0 Å². The Balaban J connectivity index is 2.16. The number of rotatable bonds is 1. The quantitative estimate of drug-likeness (QED) is 0.862. The minimum absolute atomic E-state index is 0.119. The maximum atomic E-state index is 12.4. The maximum absolute atomic E-state index is 12.4. The summed E-state index contributed by atoms with van der Waals surface area (Å²) in [7, 11) is 0. The lowest BCUT2D eigenvalue weighted by Gasteiger charge is -2.23. The molecule has 0 bridgehead atoms. The van der Waals surface area contributed by atoms with Crippen molar-refractivity contribution in [3.8, 4) is 0 Å². The fourth-order valence-corrected chi connectivity index (χ4v) is 2.55. The zero-order valence-corrected chi connectivity index (χ0v) is 11.5. The Morgan fingerprint density at radius 1 is 1.47 bits per heavy atom. The minimum Gasteiger partial charge on any atom is -0.337 e. The fourth-order valence-electron chi connectivity index (χ4n) is 2.09. The molecule has 1 aliphatic rings. The Bertz CT molecular complexity index is 408. The lowest BCUT2D eigenvalue weighted by atomic mass is 10.2. The molecular formula is C13H17BrN2O. The van der Waals surface area contributed by atoms with Gasteiger partial charge in [0.05, 0.1) is 5.56 Å². The van der Waals surface area contributed by atoms with Gasteiger partial charge in [-0.1, -0.05) is 12.1 Å². The molecule has 1 amide bonds. The monoisotopic (exact) mass is 296 g/mol. The van der Waals surface area contributed by atoms with Crippen LogP contribution in [0.1, 0.15) is 23.7 Å². The van der Waals surface area contributed by atoms with Crippen LogP contribution in [0.5, 0.6) is 0 Å². The van der Waals surface area contributed by atoms with Crippen molar-refractivity contribution in [3.63, 3.8) is 0 Å². The summed E-state index contributed by atoms with van der Waals surface area (Å²) in [6.07, 6.45) is 1.01. The first kappa shape index (κ1) is 12.6. The summed E-state index contributed by atoms with van der Waals surface area (Å²) in [5.74, 6) is 0.119. The van der Waals surface area contributed by atoms with Crippen LogP contribution in [0.15, 0.2) is 28.7 Å². The van der Waals surface area contributed by atoms with E-state index in [1.54, 1.807) is 0 Å². The molecule has 2 rings (SSSR count). The number of halogens is 1. The van der Waals surface area contributed by atoms with Crippen molar-refractivity contribution in [1.29, 1.82) is 0 Å². The van der Waals surface area contributed by atoms with Gasteiger partial charge >= 0.3 is 0 Å². The number of nitrogens with one attached hydrogen (secondary N) is 1. The van der Waals surface area contributed by atoms with E-state index in [0.717, 1.165) is 36.1 Å². The highest BCUT2D eigenvalue weighted by atomic mass is 79.9. The molecule has 1 unspecified atom stereocenters. The number of carbonyl (C=O) groups is 1. The van der Waals surface area contributed by atoms with Gasteiger partial charge in [0.25, 0.3) is 5.91 Å². The number of nitrogens with zero attached hydrogens (tertiary/aromatic N) is 1. The maximum Gasteiger partial charge on any atom is 0.255 e. The van der Waals surface area contributed by atoms with Gasteiger partial charge < -0.3 is 10.2 Å². The standard InChI is InChI=1S/C13H17BrN2O/c1-10-9-16(8-4-7-15-10)13(17)11-5-2-3-6-12(11)14/h2-3,5-6,10,15H,4,7-9H2,1H3. The smallest absolute Gasteiger partial charge is 0.255 e. The van der Waals surface area contributed by atoms with Crippen LogP contribution in [0.3, 0.4) is 0 Å². The Hall–Kier alpha value is -0.870. The molecule has 17 heavy (non-hydrogen) atoms. The van der Waals surface area contributed by atoms with Gasteiger partial charge in [-0.25, -0.2) is 0 Å². The molecular weight excluding hydrogens is 280 g/mol. The first-order valence-corrected chi connectivity index (χ1v) is 6.75. The molecule has 0 radical (unpaired) electrons. The fraction of sp³-hybridized carbons (Fsp3) is 0.462. The number of hydrogen-bond donors (Lipinski definition) is 1. The second kappa shape index (κ2) is 5.65. The highest BCUT2D eigenvalue weighted by Crippen LogP contribution is 2.18. The van der Waals surface area contributed by atoms with E-state index in [4.69, 9.17) is 0 Å². The summed E-state index contributed by atoms with van der Waals surface area (Å²) in [5.41, 5.74) is 0.751. The molecule has 0 aromatic heterocycles. The Morgan fingerprint density at radius 3 is 3.00 bits per heavy atom. The second-order valence-corrected chi connectivity index (χ2v) is 5.29. The predicted octanol–water partition coefficient (Wildman–Crippen LogP) is 2.27. The topological polar surface area (TPSA) is 32.3 Å². The third-order valence-electron chi connectivity index (χ3n) is 2.98. The largest absolute Gasteiger partial charge is 0.337 e. The SMILES string of the molecule is CC1CN(C(=O)c2ccccc2Br)CCCN1. The summed E-state index contributed by atoms with van der Waals surface area (Å²) in [6.45, 7) is 4.71. The molecule has 92 valence electrons. The molecule has 1 aromatic carbocycles. The van der Waals surface area contributed by atoms with Crippen molar-refractivity contribution in [2.75, 3.05) is 19.6 Å². The van der Waals surface area contributed by atoms with E-state index in [2.05, 4.69) is 28.2 Å². The molecule has 0 spiro atoms. The van der Waals surface area contributed by atoms with Crippen LogP contribution in [0.25, 0.3) is 0 Å². The van der Waals surface area contributed by atoms with E-state index in [9.17, 15) is 4.79 Å². The van der Waals surface area contributed by atoms with Gasteiger partial charge in [-0.3, -0.25) is 4.79 Å². The lowest BCUT2D eigenvalue weighted by molar-refractivity contribution is 0.0754. The van der Waals surface area contributed by atoms with Crippen LogP contribution in [-0.2, 0) is 0 Å². The van der Waals surface area contributed by atoms with Crippen molar-refractivity contribution in [1.82, 2.24) is 10.2 Å². The molecule has 1 fully saturated rings. The predicted molar refractivity (Wildman–Crippen MR) is 72.1 cm³/mol. The van der Waals surface area contributed by atoms with E-state index in [-0.39, 0.29) is 5.91 Å². The highest BCUT2D eigenvalue weighted by molar-refractivity contribution is 9.10. The van der Waals surface area contributed by atoms with Crippen LogP contribution in [0.4, 0.5) is 0 Å². The molecule has 4 heteroatoms. The van der Waals surface area contributed by atoms with Crippen LogP contribution in [-0.4, -0.2) is 36.5 Å². The molecule has 3 nitrogen and oxygen atoms in total. The molecule has 0 aliphatic carbocycles. The molecule has 1 aliphatic heterocycles. The van der Waals surface area contributed by atoms with Crippen molar-refractivity contribution in [2.24, 2.45) is 0 Å². The summed E-state index contributed by atoms with van der Waals surface area (Å²) in [4.78, 5) is 14.3. The minimum atomic E-state index is 0.119. The number of amides is 1. The van der Waals surface area contributed by atoms with Crippen LogP contribution in [0.2, 0.25) is 0 Å². The zero-order chi connectivity index (χ0) is 12.3. The van der Waals surface area contributed by atoms with Gasteiger partial charge in [-0.15, -0.1) is 0 Å². The Morgan fingerprint density at radius 2 is 2.24 bits per heavy atom. The van der Waals surface area contributed by atoms with Crippen molar-refractivity contribution in [3.05, 3.63) is 34.3 Å². The number of carbonyl (C=O) groups excluding carboxylic acids is 1. The van der Waals surface area contributed by atoms with Gasteiger partial charge in [0.2, 0.25) is 0 Å². The summed E-state index contributed by atoms with van der Waals surface area (Å²) >= 11 is 3.44. The van der Waals surface area contributed by atoms with Gasteiger partial charge in [-0.2, -0.15) is 0 Å². The summed E-state index contributed by atoms with van der Waals surface area (Å²) in [6, 6.07) is 7.97. The highest BCUT2D eigenvalue weighted by Gasteiger charge is 2.21. The molecule has 1 heterocycles. The Labute approximate surface area is 110 Å². The lowest BCUT2D eigenvalue weighted by Crippen LogP contribution is -2.39. The van der Waals surface area contributed by atoms with Gasteiger partial charge in [0.15, 0.2) is 0 Å². The molecule has 0 saturated carbocycles. The van der Waals surface area contributed by atoms with Crippen LogP contribution >= 0.6 is 15.9 Å². The zero-order valence-electron chi connectivity index (χ0n) is 9.95. The van der Waals surface area contributed by atoms with E-state index < -0.39 is 0 Å². The summed E-state index contributed by atoms with van der Waals surface area (Å²) in [5, 5.41) is 3.39. The number of hydrogen-bond acceptors (Lipinski definition) is 2. The first-order chi connectivity index (χ1) is 8.18. The van der Waals surface area contributed by atoms with Crippen molar-refractivity contribution in [2.45, 2.75) is 19.4 Å². The van der Waals surface area contributed by atoms with Gasteiger partial charge in [-0.05, 0) is 48.0 Å². The number of benzene rings is 1. The average molecular weight is 297 g/mol. The van der Waals surface area contributed by atoms with Crippen molar-refractivity contribution < 1.29 is 4.79 Å². The molecule has 1 N–H and O–H groups in total.